The molecule has 0 spiro atoms. The van der Waals surface area contributed by atoms with E-state index in [1.54, 1.807) is 11.3 Å². The van der Waals surface area contributed by atoms with E-state index >= 15 is 0 Å². The minimum absolute atomic E-state index is 0.290. The van der Waals surface area contributed by atoms with Crippen LogP contribution in [0.25, 0.3) is 0 Å². The number of nitrogens with zero attached hydrogens (tertiary/aromatic N) is 2. The molecule has 0 saturated carbocycles. The van der Waals surface area contributed by atoms with Crippen molar-refractivity contribution in [1.82, 2.24) is 10.2 Å². The molecule has 2 rings (SSSR count). The van der Waals surface area contributed by atoms with Crippen LogP contribution in [0.3, 0.4) is 0 Å². The lowest BCUT2D eigenvalue weighted by Gasteiger charge is -2.37. The quantitative estimate of drug-likeness (QED) is 0.824. The number of aryl methyl sites for hydroxylation is 1. The largest absolute Gasteiger partial charge is 0.380 e. The topological polar surface area (TPSA) is 47.0 Å². The molecule has 1 fully saturated rings. The molecule has 1 aliphatic heterocycles. The SMILES string of the molecule is CCc1nnc(NCC2(C)COC2)s1. The van der Waals surface area contributed by atoms with E-state index in [2.05, 4.69) is 29.4 Å². The van der Waals surface area contributed by atoms with Crippen molar-refractivity contribution in [3.8, 4) is 0 Å². The summed E-state index contributed by atoms with van der Waals surface area (Å²) in [6, 6.07) is 0. The molecule has 78 valence electrons. The van der Waals surface area contributed by atoms with Gasteiger partial charge in [-0.2, -0.15) is 0 Å². The third kappa shape index (κ3) is 2.04. The van der Waals surface area contributed by atoms with Gasteiger partial charge in [0.1, 0.15) is 5.01 Å². The van der Waals surface area contributed by atoms with E-state index in [4.69, 9.17) is 4.74 Å². The number of aromatic nitrogens is 2. The van der Waals surface area contributed by atoms with Crippen LogP contribution in [-0.2, 0) is 11.2 Å². The molecule has 0 aromatic carbocycles. The van der Waals surface area contributed by atoms with E-state index in [9.17, 15) is 0 Å². The number of anilines is 1. The van der Waals surface area contributed by atoms with Crippen molar-refractivity contribution >= 4 is 16.5 Å². The summed E-state index contributed by atoms with van der Waals surface area (Å²) in [5, 5.41) is 13.4. The summed E-state index contributed by atoms with van der Waals surface area (Å²) in [7, 11) is 0. The molecule has 1 aromatic heterocycles. The number of rotatable bonds is 4. The van der Waals surface area contributed by atoms with Crippen LogP contribution in [0, 0.1) is 5.41 Å². The Hall–Kier alpha value is -0.680. The van der Waals surface area contributed by atoms with Gasteiger partial charge in [0.25, 0.3) is 0 Å². The van der Waals surface area contributed by atoms with Crippen LogP contribution in [0.2, 0.25) is 0 Å². The molecule has 0 unspecified atom stereocenters. The van der Waals surface area contributed by atoms with E-state index in [1.165, 1.54) is 0 Å². The van der Waals surface area contributed by atoms with Gasteiger partial charge in [-0.15, -0.1) is 10.2 Å². The molecule has 0 radical (unpaired) electrons. The molecule has 1 aromatic rings. The molecule has 0 aliphatic carbocycles. The van der Waals surface area contributed by atoms with Gasteiger partial charge >= 0.3 is 0 Å². The fourth-order valence-corrected chi connectivity index (χ4v) is 1.98. The Labute approximate surface area is 87.7 Å². The molecule has 0 atom stereocenters. The van der Waals surface area contributed by atoms with Crippen LogP contribution in [0.1, 0.15) is 18.9 Å². The van der Waals surface area contributed by atoms with Gasteiger partial charge in [-0.1, -0.05) is 25.2 Å². The smallest absolute Gasteiger partial charge is 0.205 e. The number of hydrogen-bond donors (Lipinski definition) is 1. The Morgan fingerprint density at radius 2 is 2.29 bits per heavy atom. The summed E-state index contributed by atoms with van der Waals surface area (Å²) in [5.41, 5.74) is 0.290. The van der Waals surface area contributed by atoms with Gasteiger partial charge in [0.05, 0.1) is 13.2 Å². The predicted octanol–water partition coefficient (Wildman–Crippen LogP) is 1.55. The maximum absolute atomic E-state index is 5.18. The second kappa shape index (κ2) is 3.82. The molecule has 2 heterocycles. The summed E-state index contributed by atoms with van der Waals surface area (Å²) < 4.78 is 5.18. The number of hydrogen-bond acceptors (Lipinski definition) is 5. The van der Waals surface area contributed by atoms with Gasteiger partial charge in [0.2, 0.25) is 5.13 Å². The zero-order valence-corrected chi connectivity index (χ0v) is 9.36. The predicted molar refractivity (Wildman–Crippen MR) is 56.7 cm³/mol. The van der Waals surface area contributed by atoms with Crippen LogP contribution < -0.4 is 5.32 Å². The Bertz CT molecular complexity index is 309. The van der Waals surface area contributed by atoms with Crippen molar-refractivity contribution < 1.29 is 4.74 Å². The minimum atomic E-state index is 0.290. The molecular formula is C9H15N3OS. The number of nitrogens with one attached hydrogen (secondary N) is 1. The molecule has 5 heteroatoms. The fourth-order valence-electron chi connectivity index (χ4n) is 1.31. The lowest BCUT2D eigenvalue weighted by molar-refractivity contribution is -0.0924. The molecular weight excluding hydrogens is 198 g/mol. The van der Waals surface area contributed by atoms with Gasteiger partial charge in [0.15, 0.2) is 0 Å². The van der Waals surface area contributed by atoms with E-state index < -0.39 is 0 Å². The minimum Gasteiger partial charge on any atom is -0.380 e. The van der Waals surface area contributed by atoms with Crippen LogP contribution in [0.15, 0.2) is 0 Å². The Kier molecular flexibility index (Phi) is 2.69. The van der Waals surface area contributed by atoms with Crippen LogP contribution in [0.5, 0.6) is 0 Å². The molecule has 1 saturated heterocycles. The fraction of sp³-hybridized carbons (Fsp3) is 0.778. The van der Waals surface area contributed by atoms with Crippen molar-refractivity contribution in [3.05, 3.63) is 5.01 Å². The second-order valence-corrected chi connectivity index (χ2v) is 5.07. The maximum Gasteiger partial charge on any atom is 0.205 e. The maximum atomic E-state index is 5.18. The van der Waals surface area contributed by atoms with Crippen molar-refractivity contribution in [3.63, 3.8) is 0 Å². The molecule has 1 N–H and O–H groups in total. The highest BCUT2D eigenvalue weighted by Crippen LogP contribution is 2.27. The zero-order chi connectivity index (χ0) is 10.0. The summed E-state index contributed by atoms with van der Waals surface area (Å²) in [6.07, 6.45) is 0.958. The highest BCUT2D eigenvalue weighted by atomic mass is 32.1. The van der Waals surface area contributed by atoms with Gasteiger partial charge in [-0.25, -0.2) is 0 Å². The van der Waals surface area contributed by atoms with Crippen molar-refractivity contribution in [2.45, 2.75) is 20.3 Å². The highest BCUT2D eigenvalue weighted by molar-refractivity contribution is 7.15. The Morgan fingerprint density at radius 3 is 2.79 bits per heavy atom. The van der Waals surface area contributed by atoms with Crippen molar-refractivity contribution in [2.75, 3.05) is 25.1 Å². The summed E-state index contributed by atoms with van der Waals surface area (Å²) in [4.78, 5) is 0. The summed E-state index contributed by atoms with van der Waals surface area (Å²) >= 11 is 1.63. The van der Waals surface area contributed by atoms with Crippen LogP contribution >= 0.6 is 11.3 Å². The highest BCUT2D eigenvalue weighted by Gasteiger charge is 2.33. The average Bonchev–Trinajstić information content (AvgIpc) is 2.59. The van der Waals surface area contributed by atoms with Crippen molar-refractivity contribution in [2.24, 2.45) is 5.41 Å². The van der Waals surface area contributed by atoms with E-state index in [0.717, 1.165) is 36.3 Å². The first kappa shape index (κ1) is 9.86. The van der Waals surface area contributed by atoms with Gasteiger partial charge in [0, 0.05) is 12.0 Å². The van der Waals surface area contributed by atoms with Gasteiger partial charge in [-0.05, 0) is 6.42 Å². The Balaban J connectivity index is 1.85. The standard InChI is InChI=1S/C9H15N3OS/c1-3-7-11-12-8(14-7)10-4-9(2)5-13-6-9/h3-6H2,1-2H3,(H,10,12). The molecule has 14 heavy (non-hydrogen) atoms. The monoisotopic (exact) mass is 213 g/mol. The average molecular weight is 213 g/mol. The zero-order valence-electron chi connectivity index (χ0n) is 8.54. The first-order chi connectivity index (χ1) is 6.72. The van der Waals surface area contributed by atoms with Crippen LogP contribution in [-0.4, -0.2) is 30.0 Å². The Morgan fingerprint density at radius 1 is 1.50 bits per heavy atom. The first-order valence-corrected chi connectivity index (χ1v) is 5.67. The normalized spacial score (nSPS) is 19.0. The van der Waals surface area contributed by atoms with Gasteiger partial charge < -0.3 is 10.1 Å². The summed E-state index contributed by atoms with van der Waals surface area (Å²) in [5.74, 6) is 0. The van der Waals surface area contributed by atoms with E-state index in [-0.39, 0.29) is 5.41 Å². The van der Waals surface area contributed by atoms with E-state index in [0.29, 0.717) is 0 Å². The van der Waals surface area contributed by atoms with Gasteiger partial charge in [-0.3, -0.25) is 0 Å². The second-order valence-electron chi connectivity index (χ2n) is 4.01. The molecule has 4 nitrogen and oxygen atoms in total. The molecule has 0 amide bonds. The molecule has 0 bridgehead atoms. The van der Waals surface area contributed by atoms with Crippen LogP contribution in [0.4, 0.5) is 5.13 Å². The third-order valence-corrected chi connectivity index (χ3v) is 3.36. The third-order valence-electron chi connectivity index (χ3n) is 2.34. The lowest BCUT2D eigenvalue weighted by Crippen LogP contribution is -2.45. The number of ether oxygens (including phenoxy) is 1. The van der Waals surface area contributed by atoms with Crippen molar-refractivity contribution in [1.29, 1.82) is 0 Å². The molecule has 1 aliphatic rings. The lowest BCUT2D eigenvalue weighted by atomic mass is 9.89. The summed E-state index contributed by atoms with van der Waals surface area (Å²) in [6.45, 7) is 6.92. The van der Waals surface area contributed by atoms with E-state index in [1.807, 2.05) is 0 Å². The first-order valence-electron chi connectivity index (χ1n) is 4.86.